The molecule has 0 fully saturated rings. The summed E-state index contributed by atoms with van der Waals surface area (Å²) >= 11 is 0. The van der Waals surface area contributed by atoms with E-state index < -0.39 is 0 Å². The smallest absolute Gasteiger partial charge is 0.224 e. The molecule has 2 N–H and O–H groups in total. The monoisotopic (exact) mass is 224 g/mol. The van der Waals surface area contributed by atoms with Crippen LogP contribution < -0.4 is 10.6 Å². The molecule has 0 unspecified atom stereocenters. The van der Waals surface area contributed by atoms with Gasteiger partial charge in [-0.25, -0.2) is 0 Å². The van der Waals surface area contributed by atoms with Gasteiger partial charge in [-0.1, -0.05) is 6.92 Å². The first-order valence-corrected chi connectivity index (χ1v) is 5.59. The van der Waals surface area contributed by atoms with E-state index in [2.05, 4.69) is 15.7 Å². The molecule has 90 valence electrons. The molecule has 0 aliphatic heterocycles. The number of aromatic nitrogens is 2. The van der Waals surface area contributed by atoms with Crippen molar-refractivity contribution in [1.82, 2.24) is 20.4 Å². The van der Waals surface area contributed by atoms with E-state index in [0.29, 0.717) is 19.0 Å². The van der Waals surface area contributed by atoms with Gasteiger partial charge < -0.3 is 10.6 Å². The molecule has 0 aromatic carbocycles. The summed E-state index contributed by atoms with van der Waals surface area (Å²) in [4.78, 5) is 11.6. The molecular formula is C11H20N4O. The Morgan fingerprint density at radius 1 is 1.62 bits per heavy atom. The molecule has 16 heavy (non-hydrogen) atoms. The van der Waals surface area contributed by atoms with Crippen molar-refractivity contribution in [3.63, 3.8) is 0 Å². The highest BCUT2D eigenvalue weighted by Crippen LogP contribution is 1.97. The lowest BCUT2D eigenvalue weighted by atomic mass is 10.2. The van der Waals surface area contributed by atoms with Crippen LogP contribution >= 0.6 is 0 Å². The van der Waals surface area contributed by atoms with E-state index in [4.69, 9.17) is 0 Å². The fraction of sp³-hybridized carbons (Fsp3) is 0.636. The van der Waals surface area contributed by atoms with Gasteiger partial charge in [0.15, 0.2) is 0 Å². The van der Waals surface area contributed by atoms with Crippen LogP contribution in [0.1, 0.15) is 19.4 Å². The lowest BCUT2D eigenvalue weighted by Gasteiger charge is -2.12. The normalized spacial score (nSPS) is 12.4. The molecule has 0 saturated heterocycles. The van der Waals surface area contributed by atoms with Crippen LogP contribution in [0, 0.1) is 0 Å². The number of likely N-dealkylation sites (N-methyl/N-ethyl adjacent to an activating group) is 1. The van der Waals surface area contributed by atoms with E-state index >= 15 is 0 Å². The summed E-state index contributed by atoms with van der Waals surface area (Å²) in [6.07, 6.45) is 3.97. The molecule has 1 rings (SSSR count). The average Bonchev–Trinajstić information content (AvgIpc) is 2.61. The van der Waals surface area contributed by atoms with Gasteiger partial charge in [0.2, 0.25) is 5.91 Å². The van der Waals surface area contributed by atoms with Crippen molar-refractivity contribution in [3.05, 3.63) is 18.0 Å². The number of hydrogen-bond acceptors (Lipinski definition) is 3. The van der Waals surface area contributed by atoms with Gasteiger partial charge in [0.05, 0.1) is 12.6 Å². The summed E-state index contributed by atoms with van der Waals surface area (Å²) in [5.74, 6) is 0.0396. The van der Waals surface area contributed by atoms with E-state index in [-0.39, 0.29) is 5.91 Å². The number of aryl methyl sites for hydroxylation is 1. The molecule has 0 saturated carbocycles. The Morgan fingerprint density at radius 3 is 2.94 bits per heavy atom. The molecule has 0 aliphatic carbocycles. The first kappa shape index (κ1) is 12.7. The lowest BCUT2D eigenvalue weighted by molar-refractivity contribution is -0.120. The summed E-state index contributed by atoms with van der Waals surface area (Å²) in [5, 5.41) is 10.1. The number of hydrogen-bond donors (Lipinski definition) is 2. The van der Waals surface area contributed by atoms with Gasteiger partial charge in [-0.15, -0.1) is 0 Å². The molecule has 1 aromatic rings. The third-order valence-electron chi connectivity index (χ3n) is 2.28. The van der Waals surface area contributed by atoms with E-state index in [1.165, 1.54) is 0 Å². The summed E-state index contributed by atoms with van der Waals surface area (Å²) in [6, 6.07) is 0.308. The molecule has 5 heteroatoms. The molecule has 0 aliphatic rings. The second-order valence-corrected chi connectivity index (χ2v) is 3.96. The van der Waals surface area contributed by atoms with E-state index in [1.807, 2.05) is 27.1 Å². The van der Waals surface area contributed by atoms with Crippen molar-refractivity contribution in [2.45, 2.75) is 26.3 Å². The minimum absolute atomic E-state index is 0.0396. The van der Waals surface area contributed by atoms with Gasteiger partial charge in [0.25, 0.3) is 0 Å². The number of carbonyl (C=O) groups excluding carboxylic acids is 1. The van der Waals surface area contributed by atoms with Crippen molar-refractivity contribution >= 4 is 5.91 Å². The average molecular weight is 224 g/mol. The van der Waals surface area contributed by atoms with Crippen LogP contribution in [-0.4, -0.2) is 34.8 Å². The summed E-state index contributed by atoms with van der Waals surface area (Å²) in [5.41, 5.74) is 0.941. The van der Waals surface area contributed by atoms with Crippen LogP contribution in [0.2, 0.25) is 0 Å². The molecule has 0 radical (unpaired) electrons. The SMILES string of the molecule is CCN[C@H](C)CNC(=O)Cc1cnn(C)c1. The molecule has 1 atom stereocenters. The zero-order chi connectivity index (χ0) is 12.0. The van der Waals surface area contributed by atoms with Crippen molar-refractivity contribution in [1.29, 1.82) is 0 Å². The first-order valence-electron chi connectivity index (χ1n) is 5.59. The van der Waals surface area contributed by atoms with E-state index in [0.717, 1.165) is 12.1 Å². The third-order valence-corrected chi connectivity index (χ3v) is 2.28. The van der Waals surface area contributed by atoms with Crippen molar-refractivity contribution in [2.75, 3.05) is 13.1 Å². The third kappa shape index (κ3) is 4.44. The number of nitrogens with one attached hydrogen (secondary N) is 2. The van der Waals surface area contributed by atoms with Crippen LogP contribution in [0.5, 0.6) is 0 Å². The Labute approximate surface area is 96.2 Å². The summed E-state index contributed by atoms with van der Waals surface area (Å²) in [6.45, 7) is 5.67. The van der Waals surface area contributed by atoms with E-state index in [9.17, 15) is 4.79 Å². The molecule has 1 amide bonds. The Morgan fingerprint density at radius 2 is 2.38 bits per heavy atom. The Kier molecular flexibility index (Phi) is 4.98. The topological polar surface area (TPSA) is 58.9 Å². The number of nitrogens with zero attached hydrogens (tertiary/aromatic N) is 2. The molecule has 0 bridgehead atoms. The Bertz CT molecular complexity index is 334. The van der Waals surface area contributed by atoms with Crippen molar-refractivity contribution < 1.29 is 4.79 Å². The van der Waals surface area contributed by atoms with Gasteiger partial charge in [-0.3, -0.25) is 9.48 Å². The molecule has 0 spiro atoms. The summed E-state index contributed by atoms with van der Waals surface area (Å²) < 4.78 is 1.70. The molecule has 5 nitrogen and oxygen atoms in total. The minimum Gasteiger partial charge on any atom is -0.354 e. The van der Waals surface area contributed by atoms with Gasteiger partial charge in [-0.05, 0) is 19.0 Å². The zero-order valence-electron chi connectivity index (χ0n) is 10.2. The van der Waals surface area contributed by atoms with Gasteiger partial charge in [-0.2, -0.15) is 5.10 Å². The second kappa shape index (κ2) is 6.27. The summed E-state index contributed by atoms with van der Waals surface area (Å²) in [7, 11) is 1.84. The van der Waals surface area contributed by atoms with Crippen molar-refractivity contribution in [2.24, 2.45) is 7.05 Å². The zero-order valence-corrected chi connectivity index (χ0v) is 10.2. The van der Waals surface area contributed by atoms with Crippen LogP contribution in [0.15, 0.2) is 12.4 Å². The van der Waals surface area contributed by atoms with E-state index in [1.54, 1.807) is 10.9 Å². The second-order valence-electron chi connectivity index (χ2n) is 3.96. The highest BCUT2D eigenvalue weighted by Gasteiger charge is 2.06. The van der Waals surface area contributed by atoms with Crippen LogP contribution in [-0.2, 0) is 18.3 Å². The quantitative estimate of drug-likeness (QED) is 0.719. The number of rotatable bonds is 6. The maximum absolute atomic E-state index is 11.6. The standard InChI is InChI=1S/C11H20N4O/c1-4-12-9(2)6-13-11(16)5-10-7-14-15(3)8-10/h7-9,12H,4-6H2,1-3H3,(H,13,16)/t9-/m1/s1. The van der Waals surface area contributed by atoms with Crippen LogP contribution in [0.3, 0.4) is 0 Å². The van der Waals surface area contributed by atoms with Gasteiger partial charge in [0, 0.05) is 25.8 Å². The maximum Gasteiger partial charge on any atom is 0.224 e. The van der Waals surface area contributed by atoms with Crippen LogP contribution in [0.4, 0.5) is 0 Å². The first-order chi connectivity index (χ1) is 7.61. The largest absolute Gasteiger partial charge is 0.354 e. The highest BCUT2D eigenvalue weighted by molar-refractivity contribution is 5.78. The predicted molar refractivity (Wildman–Crippen MR) is 63.1 cm³/mol. The Hall–Kier alpha value is -1.36. The van der Waals surface area contributed by atoms with Gasteiger partial charge >= 0.3 is 0 Å². The van der Waals surface area contributed by atoms with Gasteiger partial charge in [0.1, 0.15) is 0 Å². The van der Waals surface area contributed by atoms with Crippen molar-refractivity contribution in [3.8, 4) is 0 Å². The minimum atomic E-state index is 0.0396. The molecule has 1 heterocycles. The lowest BCUT2D eigenvalue weighted by Crippen LogP contribution is -2.39. The molecular weight excluding hydrogens is 204 g/mol. The highest BCUT2D eigenvalue weighted by atomic mass is 16.1. The van der Waals surface area contributed by atoms with Crippen LogP contribution in [0.25, 0.3) is 0 Å². The maximum atomic E-state index is 11.6. The Balaban J connectivity index is 2.26. The molecule has 1 aromatic heterocycles. The number of carbonyl (C=O) groups is 1. The fourth-order valence-corrected chi connectivity index (χ4v) is 1.50. The fourth-order valence-electron chi connectivity index (χ4n) is 1.50. The predicted octanol–water partition coefficient (Wildman–Crippen LogP) is 0.0768. The number of amides is 1.